The second-order valence-corrected chi connectivity index (χ2v) is 7.41. The summed E-state index contributed by atoms with van der Waals surface area (Å²) in [6.45, 7) is 3.26. The summed E-state index contributed by atoms with van der Waals surface area (Å²) in [5.41, 5.74) is 0. The maximum absolute atomic E-state index is 12.5. The van der Waals surface area contributed by atoms with E-state index in [0.29, 0.717) is 45.6 Å². The molecule has 122 valence electrons. The predicted octanol–water partition coefficient (Wildman–Crippen LogP) is -1.36. The van der Waals surface area contributed by atoms with Crippen LogP contribution in [0.3, 0.4) is 0 Å². The normalized spacial score (nSPS) is 24.2. The number of piperidine rings is 1. The average Bonchev–Trinajstić information content (AvgIpc) is 2.48. The van der Waals surface area contributed by atoms with Gasteiger partial charge in [0.1, 0.15) is 0 Å². The molecule has 9 heteroatoms. The summed E-state index contributed by atoms with van der Waals surface area (Å²) in [7, 11) is -3.49. The Morgan fingerprint density at radius 1 is 1.00 bits per heavy atom. The zero-order valence-electron chi connectivity index (χ0n) is 12.0. The number of hydrogen-bond acceptors (Lipinski definition) is 5. The molecule has 2 aliphatic rings. The molecule has 21 heavy (non-hydrogen) atoms. The highest BCUT2D eigenvalue weighted by Crippen LogP contribution is 2.22. The summed E-state index contributed by atoms with van der Waals surface area (Å²) in [5.74, 6) is -1.28. The van der Waals surface area contributed by atoms with Gasteiger partial charge < -0.3 is 10.2 Å². The van der Waals surface area contributed by atoms with Gasteiger partial charge in [-0.25, -0.2) is 0 Å². The van der Waals surface area contributed by atoms with Crippen LogP contribution in [0, 0.1) is 5.92 Å². The van der Waals surface area contributed by atoms with E-state index in [1.54, 1.807) is 0 Å². The van der Waals surface area contributed by atoms with E-state index in [2.05, 4.69) is 0 Å². The number of β-amino-alcohol motifs (C(OH)–C–C–N with tert-alkyl or cyclic N) is 1. The van der Waals surface area contributed by atoms with Gasteiger partial charge in [-0.3, -0.25) is 9.69 Å². The number of aliphatic hydroxyl groups is 1. The third kappa shape index (κ3) is 3.92. The van der Waals surface area contributed by atoms with Crippen molar-refractivity contribution >= 4 is 16.2 Å². The molecule has 0 aromatic carbocycles. The van der Waals surface area contributed by atoms with Crippen LogP contribution in [0.1, 0.15) is 12.8 Å². The minimum atomic E-state index is -3.49. The molecule has 0 unspecified atom stereocenters. The van der Waals surface area contributed by atoms with Crippen LogP contribution in [-0.4, -0.2) is 90.5 Å². The minimum absolute atomic E-state index is 0.0788. The molecule has 0 atom stereocenters. The number of rotatable bonds is 5. The van der Waals surface area contributed by atoms with E-state index in [1.165, 1.54) is 8.61 Å². The van der Waals surface area contributed by atoms with E-state index in [-0.39, 0.29) is 19.7 Å². The molecule has 8 nitrogen and oxygen atoms in total. The van der Waals surface area contributed by atoms with E-state index in [0.717, 1.165) is 0 Å². The van der Waals surface area contributed by atoms with Crippen molar-refractivity contribution in [3.05, 3.63) is 0 Å². The first-order valence-electron chi connectivity index (χ1n) is 7.26. The van der Waals surface area contributed by atoms with Crippen LogP contribution in [0.5, 0.6) is 0 Å². The number of carbonyl (C=O) groups is 1. The zero-order chi connectivity index (χ0) is 15.5. The smallest absolute Gasteiger partial charge is 0.306 e. The maximum Gasteiger partial charge on any atom is 0.306 e. The van der Waals surface area contributed by atoms with Crippen LogP contribution in [0.2, 0.25) is 0 Å². The summed E-state index contributed by atoms with van der Waals surface area (Å²) in [6, 6.07) is 0. The van der Waals surface area contributed by atoms with Crippen LogP contribution in [0.25, 0.3) is 0 Å². The number of carboxylic acids is 1. The molecule has 2 saturated heterocycles. The van der Waals surface area contributed by atoms with Crippen molar-refractivity contribution in [2.75, 3.05) is 52.4 Å². The fourth-order valence-corrected chi connectivity index (χ4v) is 4.45. The maximum atomic E-state index is 12.5. The second kappa shape index (κ2) is 7.01. The predicted molar refractivity (Wildman–Crippen MR) is 76.0 cm³/mol. The molecule has 2 N–H and O–H groups in total. The van der Waals surface area contributed by atoms with Crippen LogP contribution in [0.15, 0.2) is 0 Å². The second-order valence-electron chi connectivity index (χ2n) is 5.48. The first-order valence-corrected chi connectivity index (χ1v) is 8.66. The summed E-state index contributed by atoms with van der Waals surface area (Å²) < 4.78 is 27.9. The lowest BCUT2D eigenvalue weighted by Gasteiger charge is -2.38. The lowest BCUT2D eigenvalue weighted by molar-refractivity contribution is -0.142. The lowest BCUT2D eigenvalue weighted by Crippen LogP contribution is -2.54. The number of piperazine rings is 1. The van der Waals surface area contributed by atoms with Crippen molar-refractivity contribution in [2.24, 2.45) is 5.92 Å². The van der Waals surface area contributed by atoms with Crippen molar-refractivity contribution in [1.29, 1.82) is 0 Å². The third-order valence-electron chi connectivity index (χ3n) is 4.20. The summed E-state index contributed by atoms with van der Waals surface area (Å²) in [5, 5.41) is 17.8. The average molecular weight is 321 g/mol. The van der Waals surface area contributed by atoms with Gasteiger partial charge in [0.05, 0.1) is 12.5 Å². The Morgan fingerprint density at radius 2 is 1.52 bits per heavy atom. The molecule has 2 fully saturated rings. The molecule has 2 rings (SSSR count). The van der Waals surface area contributed by atoms with Crippen molar-refractivity contribution in [3.63, 3.8) is 0 Å². The van der Waals surface area contributed by atoms with Gasteiger partial charge >= 0.3 is 5.97 Å². The van der Waals surface area contributed by atoms with Gasteiger partial charge in [0.2, 0.25) is 0 Å². The third-order valence-corrected chi connectivity index (χ3v) is 6.24. The lowest BCUT2D eigenvalue weighted by atomic mass is 9.99. The number of nitrogens with zero attached hydrogens (tertiary/aromatic N) is 3. The number of carboxylic acid groups (broad SMARTS) is 1. The quantitative estimate of drug-likeness (QED) is 0.648. The SMILES string of the molecule is O=C(O)C1CCN(S(=O)(=O)N2CCN(CCO)CC2)CC1. The summed E-state index contributed by atoms with van der Waals surface area (Å²) >= 11 is 0. The zero-order valence-corrected chi connectivity index (χ0v) is 12.8. The standard InChI is InChI=1S/C12H23N3O5S/c16-10-9-13-5-7-15(8-6-13)21(19,20)14-3-1-11(2-4-14)12(17)18/h11,16H,1-10H2,(H,17,18). The summed E-state index contributed by atoms with van der Waals surface area (Å²) in [4.78, 5) is 12.9. The van der Waals surface area contributed by atoms with Crippen LogP contribution in [0.4, 0.5) is 0 Å². The monoisotopic (exact) mass is 321 g/mol. The highest BCUT2D eigenvalue weighted by atomic mass is 32.2. The molecular weight excluding hydrogens is 298 g/mol. The van der Waals surface area contributed by atoms with E-state index in [1.807, 2.05) is 4.90 Å². The Labute approximate surface area is 125 Å². The number of hydrogen-bond donors (Lipinski definition) is 2. The largest absolute Gasteiger partial charge is 0.481 e. The van der Waals surface area contributed by atoms with Gasteiger partial charge in [0.15, 0.2) is 0 Å². The highest BCUT2D eigenvalue weighted by Gasteiger charge is 2.35. The van der Waals surface area contributed by atoms with Gasteiger partial charge in [-0.1, -0.05) is 0 Å². The van der Waals surface area contributed by atoms with E-state index in [9.17, 15) is 13.2 Å². The Balaban J connectivity index is 1.90. The fourth-order valence-electron chi connectivity index (χ4n) is 2.82. The summed E-state index contributed by atoms with van der Waals surface area (Å²) in [6.07, 6.45) is 0.748. The molecule has 0 bridgehead atoms. The van der Waals surface area contributed by atoms with E-state index >= 15 is 0 Å². The first-order chi connectivity index (χ1) is 9.95. The van der Waals surface area contributed by atoms with Gasteiger partial charge in [-0.2, -0.15) is 17.0 Å². The molecule has 0 aromatic rings. The molecule has 0 aromatic heterocycles. The van der Waals surface area contributed by atoms with Gasteiger partial charge in [0, 0.05) is 45.8 Å². The highest BCUT2D eigenvalue weighted by molar-refractivity contribution is 7.86. The molecular formula is C12H23N3O5S. The van der Waals surface area contributed by atoms with Crippen molar-refractivity contribution in [2.45, 2.75) is 12.8 Å². The molecule has 0 aliphatic carbocycles. The van der Waals surface area contributed by atoms with Crippen LogP contribution in [-0.2, 0) is 15.0 Å². The fraction of sp³-hybridized carbons (Fsp3) is 0.917. The van der Waals surface area contributed by atoms with Crippen LogP contribution < -0.4 is 0 Å². The molecule has 0 amide bonds. The van der Waals surface area contributed by atoms with Crippen molar-refractivity contribution in [1.82, 2.24) is 13.5 Å². The van der Waals surface area contributed by atoms with E-state index in [4.69, 9.17) is 10.2 Å². The van der Waals surface area contributed by atoms with Gasteiger partial charge in [-0.05, 0) is 12.8 Å². The Bertz CT molecular complexity index is 454. The number of aliphatic carboxylic acids is 1. The minimum Gasteiger partial charge on any atom is -0.481 e. The topological polar surface area (TPSA) is 101 Å². The Kier molecular flexibility index (Phi) is 5.55. The molecule has 0 spiro atoms. The number of aliphatic hydroxyl groups excluding tert-OH is 1. The molecule has 2 heterocycles. The van der Waals surface area contributed by atoms with Crippen molar-refractivity contribution < 1.29 is 23.4 Å². The molecule has 0 radical (unpaired) electrons. The van der Waals surface area contributed by atoms with Gasteiger partial charge in [0.25, 0.3) is 10.2 Å². The van der Waals surface area contributed by atoms with Gasteiger partial charge in [-0.15, -0.1) is 0 Å². The van der Waals surface area contributed by atoms with Crippen molar-refractivity contribution in [3.8, 4) is 0 Å². The molecule has 0 saturated carbocycles. The Hall–Kier alpha value is -0.740. The van der Waals surface area contributed by atoms with E-state index < -0.39 is 22.1 Å². The van der Waals surface area contributed by atoms with Crippen LogP contribution >= 0.6 is 0 Å². The molecule has 2 aliphatic heterocycles. The first kappa shape index (κ1) is 16.6. The Morgan fingerprint density at radius 3 is 2.00 bits per heavy atom.